The van der Waals surface area contributed by atoms with E-state index in [4.69, 9.17) is 10.8 Å². The van der Waals surface area contributed by atoms with Gasteiger partial charge in [0.05, 0.1) is 28.3 Å². The third-order valence-corrected chi connectivity index (χ3v) is 4.05. The molecule has 0 saturated carbocycles. The van der Waals surface area contributed by atoms with Gasteiger partial charge in [-0.2, -0.15) is 0 Å². The molecule has 0 aliphatic rings. The number of hydrogen-bond acceptors (Lipinski definition) is 5. The average Bonchev–Trinajstić information content (AvgIpc) is 3.11. The number of imidazole rings is 1. The molecule has 3 rings (SSSR count). The Hall–Kier alpha value is -1.76. The lowest BCUT2D eigenvalue weighted by atomic mass is 10.1. The third-order valence-electron chi connectivity index (χ3n) is 3.45. The third kappa shape index (κ3) is 2.33. The van der Waals surface area contributed by atoms with E-state index in [0.29, 0.717) is 0 Å². The Morgan fingerprint density at radius 1 is 1.40 bits per heavy atom. The van der Waals surface area contributed by atoms with Gasteiger partial charge in [-0.25, -0.2) is 9.97 Å². The number of rotatable bonds is 5. The summed E-state index contributed by atoms with van der Waals surface area (Å²) in [6.45, 7) is 3.02. The van der Waals surface area contributed by atoms with Crippen LogP contribution in [0, 0.1) is 0 Å². The van der Waals surface area contributed by atoms with E-state index >= 15 is 0 Å². The highest BCUT2D eigenvalue weighted by molar-refractivity contribution is 7.07. The molecule has 1 atom stereocenters. The molecule has 3 N–H and O–H groups in total. The maximum Gasteiger partial charge on any atom is 0.111 e. The van der Waals surface area contributed by atoms with Crippen molar-refractivity contribution in [1.82, 2.24) is 20.0 Å². The molecule has 5 nitrogen and oxygen atoms in total. The monoisotopic (exact) mass is 287 g/mol. The first-order chi connectivity index (χ1) is 9.83. The van der Waals surface area contributed by atoms with Crippen molar-refractivity contribution in [3.63, 3.8) is 0 Å². The summed E-state index contributed by atoms with van der Waals surface area (Å²) >= 11 is 1.57. The molecule has 0 aliphatic carbocycles. The maximum absolute atomic E-state index is 5.68. The van der Waals surface area contributed by atoms with Gasteiger partial charge in [0.2, 0.25) is 0 Å². The van der Waals surface area contributed by atoms with Crippen molar-refractivity contribution in [2.45, 2.75) is 25.9 Å². The number of aryl methyl sites for hydroxylation is 1. The lowest BCUT2D eigenvalue weighted by Gasteiger charge is -2.14. The lowest BCUT2D eigenvalue weighted by Crippen LogP contribution is -2.30. The van der Waals surface area contributed by atoms with Crippen molar-refractivity contribution in [1.29, 1.82) is 0 Å². The molecule has 0 amide bonds. The zero-order valence-electron chi connectivity index (χ0n) is 11.3. The molecule has 2 aromatic heterocycles. The Morgan fingerprint density at radius 3 is 2.95 bits per heavy atom. The van der Waals surface area contributed by atoms with Gasteiger partial charge in [-0.05, 0) is 19.1 Å². The van der Waals surface area contributed by atoms with E-state index in [2.05, 4.69) is 28.0 Å². The molecule has 2 heterocycles. The minimum absolute atomic E-state index is 0.0108. The fourth-order valence-corrected chi connectivity index (χ4v) is 3.07. The van der Waals surface area contributed by atoms with Gasteiger partial charge >= 0.3 is 0 Å². The fraction of sp³-hybridized carbons (Fsp3) is 0.286. The van der Waals surface area contributed by atoms with Crippen LogP contribution in [0.25, 0.3) is 11.0 Å². The van der Waals surface area contributed by atoms with Crippen LogP contribution in [-0.4, -0.2) is 14.5 Å². The molecule has 1 unspecified atom stereocenters. The van der Waals surface area contributed by atoms with Crippen LogP contribution < -0.4 is 11.3 Å². The molecule has 3 aromatic rings. The first-order valence-electron chi connectivity index (χ1n) is 6.61. The Morgan fingerprint density at radius 2 is 2.25 bits per heavy atom. The second kappa shape index (κ2) is 5.70. The van der Waals surface area contributed by atoms with Crippen LogP contribution in [0.2, 0.25) is 0 Å². The number of thiazole rings is 1. The number of aromatic nitrogens is 3. The van der Waals surface area contributed by atoms with Gasteiger partial charge in [0.1, 0.15) is 5.82 Å². The largest absolute Gasteiger partial charge is 0.328 e. The quantitative estimate of drug-likeness (QED) is 0.558. The lowest BCUT2D eigenvalue weighted by molar-refractivity contribution is 0.516. The summed E-state index contributed by atoms with van der Waals surface area (Å²) in [5.41, 5.74) is 7.82. The summed E-state index contributed by atoms with van der Waals surface area (Å²) in [5.74, 6) is 6.71. The van der Waals surface area contributed by atoms with E-state index in [-0.39, 0.29) is 6.04 Å². The maximum atomic E-state index is 5.68. The van der Waals surface area contributed by atoms with Crippen molar-refractivity contribution >= 4 is 22.4 Å². The number of nitrogens with two attached hydrogens (primary N) is 1. The second-order valence-corrected chi connectivity index (χ2v) is 5.32. The number of para-hydroxylation sites is 2. The molecule has 0 aliphatic heterocycles. The highest BCUT2D eigenvalue weighted by Gasteiger charge is 2.17. The van der Waals surface area contributed by atoms with E-state index in [1.165, 1.54) is 5.52 Å². The number of benzene rings is 1. The van der Waals surface area contributed by atoms with E-state index in [1.807, 2.05) is 29.1 Å². The number of nitrogens with zero attached hydrogens (tertiary/aromatic N) is 3. The van der Waals surface area contributed by atoms with Crippen LogP contribution in [0.4, 0.5) is 0 Å². The molecule has 0 spiro atoms. The molecule has 0 radical (unpaired) electrons. The van der Waals surface area contributed by atoms with Crippen LogP contribution in [0.5, 0.6) is 0 Å². The number of hydrazine groups is 1. The predicted molar refractivity (Wildman–Crippen MR) is 81.3 cm³/mol. The zero-order chi connectivity index (χ0) is 13.9. The normalized spacial score (nSPS) is 12.9. The second-order valence-electron chi connectivity index (χ2n) is 4.60. The smallest absolute Gasteiger partial charge is 0.111 e. The number of fused-ring (bicyclic) bond motifs is 1. The standard InChI is InChI=1S/C14H17N5S/c1-2-19-13-6-4-3-5-10(13)17-14(19)7-11(18-15)12-8-20-9-16-12/h3-6,8-9,11,18H,2,7,15H2,1H3. The van der Waals surface area contributed by atoms with Crippen molar-refractivity contribution in [2.75, 3.05) is 0 Å². The van der Waals surface area contributed by atoms with E-state index in [0.717, 1.165) is 30.0 Å². The first-order valence-corrected chi connectivity index (χ1v) is 7.56. The SMILES string of the molecule is CCn1c(CC(NN)c2cscn2)nc2ccccc21. The molecule has 20 heavy (non-hydrogen) atoms. The van der Waals surface area contributed by atoms with Gasteiger partial charge in [0.25, 0.3) is 0 Å². The highest BCUT2D eigenvalue weighted by Crippen LogP contribution is 2.21. The average molecular weight is 287 g/mol. The first kappa shape index (κ1) is 13.2. The topological polar surface area (TPSA) is 68.8 Å². The minimum atomic E-state index is -0.0108. The van der Waals surface area contributed by atoms with Crippen LogP contribution in [0.1, 0.15) is 24.5 Å². The summed E-state index contributed by atoms with van der Waals surface area (Å²) in [4.78, 5) is 9.06. The summed E-state index contributed by atoms with van der Waals surface area (Å²) in [7, 11) is 0. The predicted octanol–water partition coefficient (Wildman–Crippen LogP) is 2.26. The summed E-state index contributed by atoms with van der Waals surface area (Å²) in [6.07, 6.45) is 0.725. The molecule has 6 heteroatoms. The molecule has 104 valence electrons. The van der Waals surface area contributed by atoms with Crippen LogP contribution in [-0.2, 0) is 13.0 Å². The van der Waals surface area contributed by atoms with Gasteiger partial charge in [-0.1, -0.05) is 12.1 Å². The number of nitrogens with one attached hydrogen (secondary N) is 1. The number of hydrogen-bond donors (Lipinski definition) is 2. The van der Waals surface area contributed by atoms with E-state index in [1.54, 1.807) is 11.3 Å². The molecular weight excluding hydrogens is 270 g/mol. The van der Waals surface area contributed by atoms with Gasteiger partial charge in [0.15, 0.2) is 0 Å². The van der Waals surface area contributed by atoms with Gasteiger partial charge in [-0.15, -0.1) is 11.3 Å². The molecule has 1 aromatic carbocycles. The van der Waals surface area contributed by atoms with E-state index in [9.17, 15) is 0 Å². The van der Waals surface area contributed by atoms with Gasteiger partial charge < -0.3 is 4.57 Å². The van der Waals surface area contributed by atoms with Crippen LogP contribution in [0.3, 0.4) is 0 Å². The van der Waals surface area contributed by atoms with Crippen molar-refractivity contribution in [3.8, 4) is 0 Å². The molecule has 0 fully saturated rings. The van der Waals surface area contributed by atoms with Crippen LogP contribution in [0.15, 0.2) is 35.2 Å². The highest BCUT2D eigenvalue weighted by atomic mass is 32.1. The Labute approximate surface area is 121 Å². The van der Waals surface area contributed by atoms with Crippen molar-refractivity contribution in [2.24, 2.45) is 5.84 Å². The Kier molecular flexibility index (Phi) is 3.77. The fourth-order valence-electron chi connectivity index (χ4n) is 2.46. The Balaban J connectivity index is 1.97. The molecular formula is C14H17N5S. The van der Waals surface area contributed by atoms with Gasteiger partial charge in [0, 0.05) is 18.3 Å². The van der Waals surface area contributed by atoms with Gasteiger partial charge in [-0.3, -0.25) is 11.3 Å². The zero-order valence-corrected chi connectivity index (χ0v) is 12.1. The summed E-state index contributed by atoms with van der Waals surface area (Å²) in [6, 6.07) is 8.18. The van der Waals surface area contributed by atoms with Crippen molar-refractivity contribution in [3.05, 3.63) is 46.7 Å². The minimum Gasteiger partial charge on any atom is -0.328 e. The van der Waals surface area contributed by atoms with Crippen LogP contribution >= 0.6 is 11.3 Å². The summed E-state index contributed by atoms with van der Waals surface area (Å²) < 4.78 is 2.23. The van der Waals surface area contributed by atoms with Crippen molar-refractivity contribution < 1.29 is 0 Å². The molecule has 0 saturated heterocycles. The molecule has 0 bridgehead atoms. The van der Waals surface area contributed by atoms with E-state index < -0.39 is 0 Å². The summed E-state index contributed by atoms with van der Waals surface area (Å²) in [5, 5.41) is 2.02. The Bertz CT molecular complexity index is 689.